The van der Waals surface area contributed by atoms with Gasteiger partial charge in [-0.15, -0.1) is 0 Å². The molecule has 0 fully saturated rings. The minimum atomic E-state index is 0.226. The van der Waals surface area contributed by atoms with Gasteiger partial charge >= 0.3 is 0 Å². The normalized spacial score (nSPS) is 10.7. The van der Waals surface area contributed by atoms with E-state index < -0.39 is 0 Å². The molecule has 0 saturated carbocycles. The van der Waals surface area contributed by atoms with Gasteiger partial charge in [0.2, 0.25) is 5.91 Å². The topological polar surface area (TPSA) is 29.1 Å². The lowest BCUT2D eigenvalue weighted by atomic mass is 10.0. The van der Waals surface area contributed by atoms with Crippen molar-refractivity contribution in [1.82, 2.24) is 5.32 Å². The van der Waals surface area contributed by atoms with Crippen LogP contribution in [0.5, 0.6) is 0 Å². The number of carbonyl (C=O) groups excluding carboxylic acids is 1. The molecule has 1 amide bonds. The van der Waals surface area contributed by atoms with Crippen LogP contribution in [0.4, 0.5) is 0 Å². The first-order valence-corrected chi connectivity index (χ1v) is 7.52. The fraction of sp³-hybridized carbons (Fsp3) is 0.917. The summed E-state index contributed by atoms with van der Waals surface area (Å²) in [6.07, 6.45) is 6.58. The Labute approximate surface area is 108 Å². The fourth-order valence-electron chi connectivity index (χ4n) is 1.40. The third-order valence-corrected chi connectivity index (χ3v) is 3.08. The quantitative estimate of drug-likeness (QED) is 0.392. The molecule has 0 aromatic rings. The van der Waals surface area contributed by atoms with E-state index in [1.165, 1.54) is 19.3 Å². The molecular weight excluding hydrogens is 301 g/mol. The zero-order chi connectivity index (χ0) is 11.5. The highest BCUT2D eigenvalue weighted by Crippen LogP contribution is 2.09. The van der Waals surface area contributed by atoms with Crippen molar-refractivity contribution >= 4 is 28.5 Å². The van der Waals surface area contributed by atoms with Crippen LogP contribution in [0.2, 0.25) is 0 Å². The maximum Gasteiger partial charge on any atom is 0.219 e. The van der Waals surface area contributed by atoms with Crippen molar-refractivity contribution in [2.45, 2.75) is 52.4 Å². The highest BCUT2D eigenvalue weighted by molar-refractivity contribution is 14.1. The lowest BCUT2D eigenvalue weighted by molar-refractivity contribution is -0.121. The number of alkyl halides is 1. The lowest BCUT2D eigenvalue weighted by Crippen LogP contribution is -2.24. The summed E-state index contributed by atoms with van der Waals surface area (Å²) in [5.41, 5.74) is 0. The molecule has 0 atom stereocenters. The van der Waals surface area contributed by atoms with E-state index in [-0.39, 0.29) is 5.91 Å². The molecule has 0 unspecified atom stereocenters. The summed E-state index contributed by atoms with van der Waals surface area (Å²) < 4.78 is 1.12. The van der Waals surface area contributed by atoms with Gasteiger partial charge < -0.3 is 5.32 Å². The van der Waals surface area contributed by atoms with E-state index in [9.17, 15) is 4.79 Å². The molecule has 0 aliphatic carbocycles. The van der Waals surface area contributed by atoms with Crippen LogP contribution in [0.1, 0.15) is 52.4 Å². The number of halogens is 1. The average molecular weight is 325 g/mol. The second kappa shape index (κ2) is 10.7. The Kier molecular flexibility index (Phi) is 10.9. The highest BCUT2D eigenvalue weighted by atomic mass is 127. The second-order valence-corrected chi connectivity index (χ2v) is 5.46. The minimum Gasteiger partial charge on any atom is -0.356 e. The van der Waals surface area contributed by atoms with E-state index in [2.05, 4.69) is 41.8 Å². The van der Waals surface area contributed by atoms with Crippen LogP contribution < -0.4 is 5.32 Å². The Balaban J connectivity index is 3.17. The van der Waals surface area contributed by atoms with Crippen LogP contribution >= 0.6 is 22.6 Å². The molecule has 0 aliphatic heterocycles. The Hall–Kier alpha value is 0.200. The number of hydrogen-bond donors (Lipinski definition) is 1. The van der Waals surface area contributed by atoms with Crippen molar-refractivity contribution in [1.29, 1.82) is 0 Å². The number of carbonyl (C=O) groups is 1. The first kappa shape index (κ1) is 15.2. The molecule has 2 nitrogen and oxygen atoms in total. The maximum atomic E-state index is 11.3. The third kappa shape index (κ3) is 12.1. The van der Waals surface area contributed by atoms with Gasteiger partial charge in [-0.2, -0.15) is 0 Å². The molecule has 0 rings (SSSR count). The largest absolute Gasteiger partial charge is 0.356 e. The van der Waals surface area contributed by atoms with Crippen molar-refractivity contribution in [3.63, 3.8) is 0 Å². The summed E-state index contributed by atoms with van der Waals surface area (Å²) in [5, 5.41) is 2.94. The predicted octanol–water partition coefficient (Wildman–Crippen LogP) is 3.53. The number of nitrogens with one attached hydrogen (secondary N) is 1. The van der Waals surface area contributed by atoms with Gasteiger partial charge in [0.05, 0.1) is 0 Å². The predicted molar refractivity (Wildman–Crippen MR) is 74.4 cm³/mol. The van der Waals surface area contributed by atoms with Crippen molar-refractivity contribution in [3.8, 4) is 0 Å². The first-order valence-electron chi connectivity index (χ1n) is 5.99. The highest BCUT2D eigenvalue weighted by Gasteiger charge is 2.00. The van der Waals surface area contributed by atoms with Gasteiger partial charge in [0.1, 0.15) is 0 Å². The molecule has 0 saturated heterocycles. The van der Waals surface area contributed by atoms with Crippen LogP contribution in [0.3, 0.4) is 0 Å². The van der Waals surface area contributed by atoms with Crippen molar-refractivity contribution in [2.75, 3.05) is 11.0 Å². The molecule has 0 spiro atoms. The van der Waals surface area contributed by atoms with Crippen LogP contribution in [0.25, 0.3) is 0 Å². The van der Waals surface area contributed by atoms with Crippen LogP contribution in [0.15, 0.2) is 0 Å². The number of unbranched alkanes of at least 4 members (excludes halogenated alkanes) is 2. The van der Waals surface area contributed by atoms with Gasteiger partial charge in [-0.3, -0.25) is 4.79 Å². The van der Waals surface area contributed by atoms with Crippen LogP contribution in [0, 0.1) is 5.92 Å². The third-order valence-electron chi connectivity index (χ3n) is 2.32. The van der Waals surface area contributed by atoms with Crippen LogP contribution in [-0.4, -0.2) is 16.9 Å². The minimum absolute atomic E-state index is 0.226. The number of rotatable bonds is 9. The van der Waals surface area contributed by atoms with Crippen molar-refractivity contribution < 1.29 is 4.79 Å². The van der Waals surface area contributed by atoms with Crippen LogP contribution in [-0.2, 0) is 4.79 Å². The zero-order valence-electron chi connectivity index (χ0n) is 10.0. The summed E-state index contributed by atoms with van der Waals surface area (Å²) in [7, 11) is 0. The van der Waals surface area contributed by atoms with Gasteiger partial charge in [0.15, 0.2) is 0 Å². The molecule has 0 aromatic carbocycles. The SMILES string of the molecule is CC(C)CCCCCC(=O)NCCCI. The molecule has 0 aliphatic rings. The standard InChI is InChI=1S/C12H24INO/c1-11(2)7-4-3-5-8-12(15)14-10-6-9-13/h11H,3-10H2,1-2H3,(H,14,15). The second-order valence-electron chi connectivity index (χ2n) is 4.39. The Morgan fingerprint density at radius 3 is 2.53 bits per heavy atom. The zero-order valence-corrected chi connectivity index (χ0v) is 12.2. The smallest absolute Gasteiger partial charge is 0.219 e. The molecule has 0 aromatic heterocycles. The van der Waals surface area contributed by atoms with E-state index in [0.717, 1.165) is 29.7 Å². The van der Waals surface area contributed by atoms with Gasteiger partial charge in [-0.25, -0.2) is 0 Å². The summed E-state index contributed by atoms with van der Waals surface area (Å²) in [6, 6.07) is 0. The van der Waals surface area contributed by atoms with Crippen molar-refractivity contribution in [3.05, 3.63) is 0 Å². The van der Waals surface area contributed by atoms with Gasteiger partial charge in [0, 0.05) is 17.4 Å². The molecule has 1 N–H and O–H groups in total. The maximum absolute atomic E-state index is 11.3. The Morgan fingerprint density at radius 1 is 1.20 bits per heavy atom. The molecule has 0 heterocycles. The van der Waals surface area contributed by atoms with E-state index in [4.69, 9.17) is 0 Å². The first-order chi connectivity index (χ1) is 7.16. The van der Waals surface area contributed by atoms with Gasteiger partial charge in [-0.1, -0.05) is 55.7 Å². The average Bonchev–Trinajstić information content (AvgIpc) is 2.17. The molecule has 15 heavy (non-hydrogen) atoms. The molecule has 3 heteroatoms. The van der Waals surface area contributed by atoms with E-state index in [1.54, 1.807) is 0 Å². The van der Waals surface area contributed by atoms with E-state index in [1.807, 2.05) is 0 Å². The summed E-state index contributed by atoms with van der Waals surface area (Å²) in [4.78, 5) is 11.3. The van der Waals surface area contributed by atoms with Gasteiger partial charge in [0.25, 0.3) is 0 Å². The molecule has 0 radical (unpaired) electrons. The summed E-state index contributed by atoms with van der Waals surface area (Å²) in [6.45, 7) is 5.33. The Bertz CT molecular complexity index is 160. The number of hydrogen-bond acceptors (Lipinski definition) is 1. The molecular formula is C12H24INO. The van der Waals surface area contributed by atoms with Crippen molar-refractivity contribution in [2.24, 2.45) is 5.92 Å². The summed E-state index contributed by atoms with van der Waals surface area (Å²) >= 11 is 2.33. The lowest BCUT2D eigenvalue weighted by Gasteiger charge is -2.05. The molecule has 0 bridgehead atoms. The van der Waals surface area contributed by atoms with E-state index >= 15 is 0 Å². The van der Waals surface area contributed by atoms with Gasteiger partial charge in [-0.05, 0) is 18.8 Å². The Morgan fingerprint density at radius 2 is 1.93 bits per heavy atom. The fourth-order valence-corrected chi connectivity index (χ4v) is 1.78. The monoisotopic (exact) mass is 325 g/mol. The summed E-state index contributed by atoms with van der Waals surface area (Å²) in [5.74, 6) is 1.02. The molecule has 90 valence electrons. The van der Waals surface area contributed by atoms with E-state index in [0.29, 0.717) is 6.42 Å². The number of amides is 1.